The van der Waals surface area contributed by atoms with E-state index in [2.05, 4.69) is 0 Å². The predicted molar refractivity (Wildman–Crippen MR) is 67.9 cm³/mol. The van der Waals surface area contributed by atoms with Gasteiger partial charge >= 0.3 is 0 Å². The van der Waals surface area contributed by atoms with E-state index in [1.807, 2.05) is 30.3 Å². The van der Waals surface area contributed by atoms with Crippen LogP contribution in [0.3, 0.4) is 0 Å². The van der Waals surface area contributed by atoms with E-state index in [0.717, 1.165) is 37.9 Å². The molecule has 3 N–H and O–H groups in total. The highest BCUT2D eigenvalue weighted by molar-refractivity contribution is 5.20. The molecule has 0 aliphatic heterocycles. The largest absolute Gasteiger partial charge is 0.494 e. The normalized spacial score (nSPS) is 28.9. The van der Waals surface area contributed by atoms with Gasteiger partial charge in [0.05, 0.1) is 12.7 Å². The van der Waals surface area contributed by atoms with Crippen LogP contribution in [0.1, 0.15) is 32.1 Å². The van der Waals surface area contributed by atoms with Gasteiger partial charge in [0.1, 0.15) is 5.75 Å². The molecule has 1 saturated carbocycles. The van der Waals surface area contributed by atoms with Crippen molar-refractivity contribution >= 4 is 0 Å². The molecule has 0 radical (unpaired) electrons. The third kappa shape index (κ3) is 3.72. The second kappa shape index (κ2) is 5.52. The van der Waals surface area contributed by atoms with Crippen molar-refractivity contribution in [3.63, 3.8) is 0 Å². The van der Waals surface area contributed by atoms with Crippen LogP contribution < -0.4 is 10.5 Å². The van der Waals surface area contributed by atoms with Crippen LogP contribution in [0.5, 0.6) is 5.75 Å². The van der Waals surface area contributed by atoms with Crippen LogP contribution in [0.4, 0.5) is 0 Å². The molecule has 1 aliphatic rings. The van der Waals surface area contributed by atoms with E-state index < -0.39 is 0 Å². The third-order valence-electron chi connectivity index (χ3n) is 3.56. The number of para-hydroxylation sites is 1. The lowest BCUT2D eigenvalue weighted by atomic mass is 9.79. The maximum absolute atomic E-state index is 9.46. The average Bonchev–Trinajstić information content (AvgIpc) is 2.35. The Morgan fingerprint density at radius 2 is 1.88 bits per heavy atom. The first kappa shape index (κ1) is 12.4. The molecule has 0 bridgehead atoms. The van der Waals surface area contributed by atoms with Crippen LogP contribution in [-0.2, 0) is 0 Å². The molecule has 1 fully saturated rings. The van der Waals surface area contributed by atoms with E-state index >= 15 is 0 Å². The fourth-order valence-electron chi connectivity index (χ4n) is 2.32. The van der Waals surface area contributed by atoms with Gasteiger partial charge in [-0.25, -0.2) is 0 Å². The van der Waals surface area contributed by atoms with Crippen molar-refractivity contribution in [1.82, 2.24) is 0 Å². The van der Waals surface area contributed by atoms with Gasteiger partial charge in [-0.2, -0.15) is 0 Å². The smallest absolute Gasteiger partial charge is 0.119 e. The Kier molecular flexibility index (Phi) is 4.02. The Morgan fingerprint density at radius 3 is 2.53 bits per heavy atom. The first-order chi connectivity index (χ1) is 8.18. The molecule has 2 rings (SSSR count). The molecule has 1 aromatic rings. The summed E-state index contributed by atoms with van der Waals surface area (Å²) in [7, 11) is 0. The highest BCUT2D eigenvalue weighted by Crippen LogP contribution is 2.29. The second-order valence-electron chi connectivity index (χ2n) is 5.01. The highest BCUT2D eigenvalue weighted by atomic mass is 16.5. The summed E-state index contributed by atoms with van der Waals surface area (Å²) in [4.78, 5) is 0. The standard InChI is InChI=1S/C14H21NO2/c15-14(8-6-12(16)7-9-14)10-11-17-13-4-2-1-3-5-13/h1-5,12,16H,6-11,15H2. The van der Waals surface area contributed by atoms with Crippen molar-refractivity contribution in [3.8, 4) is 5.75 Å². The SMILES string of the molecule is NC1(CCOc2ccccc2)CCC(O)CC1. The van der Waals surface area contributed by atoms with Crippen LogP contribution >= 0.6 is 0 Å². The molecule has 0 saturated heterocycles. The van der Waals surface area contributed by atoms with E-state index in [0.29, 0.717) is 6.61 Å². The molecule has 1 aliphatic carbocycles. The average molecular weight is 235 g/mol. The van der Waals surface area contributed by atoms with Gasteiger partial charge in [-0.15, -0.1) is 0 Å². The summed E-state index contributed by atoms with van der Waals surface area (Å²) in [5, 5.41) is 9.46. The molecule has 17 heavy (non-hydrogen) atoms. The molecule has 1 aromatic carbocycles. The van der Waals surface area contributed by atoms with Crippen LogP contribution in [0.25, 0.3) is 0 Å². The fraction of sp³-hybridized carbons (Fsp3) is 0.571. The zero-order valence-electron chi connectivity index (χ0n) is 10.1. The first-order valence-corrected chi connectivity index (χ1v) is 6.33. The van der Waals surface area contributed by atoms with Crippen molar-refractivity contribution in [2.45, 2.75) is 43.7 Å². The number of aliphatic hydroxyl groups excluding tert-OH is 1. The Bertz CT molecular complexity index is 331. The summed E-state index contributed by atoms with van der Waals surface area (Å²) in [5.74, 6) is 0.895. The summed E-state index contributed by atoms with van der Waals surface area (Å²) in [6.45, 7) is 0.649. The van der Waals surface area contributed by atoms with Crippen molar-refractivity contribution in [1.29, 1.82) is 0 Å². The predicted octanol–water partition coefficient (Wildman–Crippen LogP) is 2.09. The fourth-order valence-corrected chi connectivity index (χ4v) is 2.32. The third-order valence-corrected chi connectivity index (χ3v) is 3.56. The van der Waals surface area contributed by atoms with Gasteiger partial charge in [0.2, 0.25) is 0 Å². The minimum absolute atomic E-state index is 0.145. The Labute approximate surface area is 103 Å². The zero-order chi connectivity index (χ0) is 12.1. The highest BCUT2D eigenvalue weighted by Gasteiger charge is 2.30. The van der Waals surface area contributed by atoms with Crippen LogP contribution in [0.2, 0.25) is 0 Å². The molecule has 94 valence electrons. The molecule has 0 aromatic heterocycles. The monoisotopic (exact) mass is 235 g/mol. The number of benzene rings is 1. The molecule has 3 nitrogen and oxygen atoms in total. The molecule has 0 amide bonds. The lowest BCUT2D eigenvalue weighted by molar-refractivity contribution is 0.0884. The summed E-state index contributed by atoms with van der Waals surface area (Å²) < 4.78 is 5.66. The molecular formula is C14H21NO2. The summed E-state index contributed by atoms with van der Waals surface area (Å²) in [6, 6.07) is 9.80. The summed E-state index contributed by atoms with van der Waals surface area (Å²) >= 11 is 0. The van der Waals surface area contributed by atoms with Crippen molar-refractivity contribution in [2.75, 3.05) is 6.61 Å². The van der Waals surface area contributed by atoms with E-state index in [1.165, 1.54) is 0 Å². The van der Waals surface area contributed by atoms with Crippen LogP contribution in [-0.4, -0.2) is 23.4 Å². The van der Waals surface area contributed by atoms with E-state index in [-0.39, 0.29) is 11.6 Å². The molecular weight excluding hydrogens is 214 g/mol. The Balaban J connectivity index is 1.75. The summed E-state index contributed by atoms with van der Waals surface area (Å²) in [5.41, 5.74) is 6.15. The Hall–Kier alpha value is -1.06. The minimum Gasteiger partial charge on any atom is -0.494 e. The second-order valence-corrected chi connectivity index (χ2v) is 5.01. The van der Waals surface area contributed by atoms with E-state index in [4.69, 9.17) is 10.5 Å². The lowest BCUT2D eigenvalue weighted by Gasteiger charge is -2.35. The van der Waals surface area contributed by atoms with Crippen molar-refractivity contribution < 1.29 is 9.84 Å². The molecule has 0 atom stereocenters. The van der Waals surface area contributed by atoms with Gasteiger partial charge in [-0.05, 0) is 44.2 Å². The molecule has 3 heteroatoms. The number of ether oxygens (including phenoxy) is 1. The van der Waals surface area contributed by atoms with E-state index in [1.54, 1.807) is 0 Å². The number of nitrogens with two attached hydrogens (primary N) is 1. The number of hydrogen-bond donors (Lipinski definition) is 2. The van der Waals surface area contributed by atoms with E-state index in [9.17, 15) is 5.11 Å². The zero-order valence-corrected chi connectivity index (χ0v) is 10.1. The van der Waals surface area contributed by atoms with Gasteiger partial charge in [-0.1, -0.05) is 18.2 Å². The van der Waals surface area contributed by atoms with Crippen molar-refractivity contribution in [3.05, 3.63) is 30.3 Å². The minimum atomic E-state index is -0.151. The maximum Gasteiger partial charge on any atom is 0.119 e. The van der Waals surface area contributed by atoms with Gasteiger partial charge < -0.3 is 15.6 Å². The lowest BCUT2D eigenvalue weighted by Crippen LogP contribution is -2.45. The number of hydrogen-bond acceptors (Lipinski definition) is 3. The Morgan fingerprint density at radius 1 is 1.24 bits per heavy atom. The van der Waals surface area contributed by atoms with Crippen molar-refractivity contribution in [2.24, 2.45) is 5.73 Å². The number of rotatable bonds is 4. The maximum atomic E-state index is 9.46. The molecule has 0 spiro atoms. The summed E-state index contributed by atoms with van der Waals surface area (Å²) in [6.07, 6.45) is 4.14. The quantitative estimate of drug-likeness (QED) is 0.840. The molecule has 0 heterocycles. The van der Waals surface area contributed by atoms with Crippen LogP contribution in [0.15, 0.2) is 30.3 Å². The van der Waals surface area contributed by atoms with Gasteiger partial charge in [0.25, 0.3) is 0 Å². The first-order valence-electron chi connectivity index (χ1n) is 6.33. The molecule has 0 unspecified atom stereocenters. The van der Waals surface area contributed by atoms with Gasteiger partial charge in [0.15, 0.2) is 0 Å². The van der Waals surface area contributed by atoms with Gasteiger partial charge in [0, 0.05) is 5.54 Å². The number of aliphatic hydroxyl groups is 1. The van der Waals surface area contributed by atoms with Crippen LogP contribution in [0, 0.1) is 0 Å². The van der Waals surface area contributed by atoms with Gasteiger partial charge in [-0.3, -0.25) is 0 Å². The topological polar surface area (TPSA) is 55.5 Å².